The van der Waals surface area contributed by atoms with Crippen molar-refractivity contribution in [3.63, 3.8) is 0 Å². The summed E-state index contributed by atoms with van der Waals surface area (Å²) in [5.41, 5.74) is 0.0440. The van der Waals surface area contributed by atoms with Gasteiger partial charge in [0, 0.05) is 11.8 Å². The lowest BCUT2D eigenvalue weighted by Gasteiger charge is -2.19. The summed E-state index contributed by atoms with van der Waals surface area (Å²) < 4.78 is 11.9. The summed E-state index contributed by atoms with van der Waals surface area (Å²) in [7, 11) is 1.46. The van der Waals surface area contributed by atoms with E-state index in [-0.39, 0.29) is 10.9 Å². The molecule has 2 aromatic heterocycles. The van der Waals surface area contributed by atoms with Crippen LogP contribution in [0.3, 0.4) is 0 Å². The fraction of sp³-hybridized carbons (Fsp3) is 0.471. The molecule has 0 amide bonds. The van der Waals surface area contributed by atoms with Gasteiger partial charge in [-0.3, -0.25) is 4.57 Å². The van der Waals surface area contributed by atoms with E-state index < -0.39 is 17.1 Å². The van der Waals surface area contributed by atoms with Gasteiger partial charge in [-0.05, 0) is 40.7 Å². The molecule has 7 heteroatoms. The van der Waals surface area contributed by atoms with Crippen LogP contribution in [0.4, 0.5) is 4.79 Å². The molecule has 0 saturated heterocycles. The first-order valence-corrected chi connectivity index (χ1v) is 7.78. The van der Waals surface area contributed by atoms with E-state index in [1.165, 1.54) is 11.7 Å². The summed E-state index contributed by atoms with van der Waals surface area (Å²) in [6, 6.07) is 3.81. The van der Waals surface area contributed by atoms with Crippen LogP contribution in [0.1, 0.15) is 40.2 Å². The zero-order valence-electron chi connectivity index (χ0n) is 14.6. The molecule has 0 radical (unpaired) electrons. The van der Waals surface area contributed by atoms with Crippen molar-refractivity contribution < 1.29 is 14.3 Å². The van der Waals surface area contributed by atoms with Gasteiger partial charge < -0.3 is 9.47 Å². The molecule has 0 aliphatic rings. The maximum Gasteiger partial charge on any atom is 0.419 e. The second-order valence-electron chi connectivity index (χ2n) is 6.98. The van der Waals surface area contributed by atoms with Crippen molar-refractivity contribution in [3.8, 4) is 11.9 Å². The third-order valence-corrected chi connectivity index (χ3v) is 3.70. The van der Waals surface area contributed by atoms with Crippen molar-refractivity contribution in [2.24, 2.45) is 0 Å². The predicted octanol–water partition coefficient (Wildman–Crippen LogP) is 4.28. The number of rotatable bonds is 2. The Bertz CT molecular complexity index is 841. The summed E-state index contributed by atoms with van der Waals surface area (Å²) in [4.78, 5) is 16.9. The number of nitriles is 1. The van der Waals surface area contributed by atoms with E-state index in [1.54, 1.807) is 46.9 Å². The zero-order chi connectivity index (χ0) is 18.3. The smallest absolute Gasteiger partial charge is 0.419 e. The second-order valence-corrected chi connectivity index (χ2v) is 7.38. The van der Waals surface area contributed by atoms with Gasteiger partial charge in [0.05, 0.1) is 29.6 Å². The molecule has 128 valence electrons. The van der Waals surface area contributed by atoms with Crippen molar-refractivity contribution >= 4 is 28.7 Å². The Kier molecular flexibility index (Phi) is 4.51. The number of nitrogens with zero attached hydrogens (tertiary/aromatic N) is 3. The van der Waals surface area contributed by atoms with Gasteiger partial charge in [-0.1, -0.05) is 11.6 Å². The van der Waals surface area contributed by atoms with Gasteiger partial charge in [0.2, 0.25) is 5.88 Å². The third-order valence-electron chi connectivity index (χ3n) is 3.43. The van der Waals surface area contributed by atoms with Crippen molar-refractivity contribution in [2.75, 3.05) is 7.11 Å². The second kappa shape index (κ2) is 5.99. The molecule has 2 aromatic rings. The topological polar surface area (TPSA) is 77.1 Å². The number of carbonyl (C=O) groups excluding carboxylic acids is 1. The Hall–Kier alpha value is -2.26. The highest BCUT2D eigenvalue weighted by Crippen LogP contribution is 2.35. The van der Waals surface area contributed by atoms with Gasteiger partial charge in [0.1, 0.15) is 10.6 Å². The van der Waals surface area contributed by atoms with Gasteiger partial charge in [-0.25, -0.2) is 9.78 Å². The fourth-order valence-corrected chi connectivity index (χ4v) is 2.45. The minimum atomic E-state index is -0.850. The first-order chi connectivity index (χ1) is 11.0. The summed E-state index contributed by atoms with van der Waals surface area (Å²) in [5, 5.41) is 9.73. The molecule has 0 aliphatic carbocycles. The number of ether oxygens (including phenoxy) is 2. The Morgan fingerprint density at radius 3 is 2.46 bits per heavy atom. The standard InChI is InChI=1S/C17H20ClN3O3/c1-16(2,3)24-15(22)21-8-10(17(4,5)9-19)13-12(21)7-11(18)14(20-13)23-6/h7-8H,1-6H3. The fourth-order valence-electron chi connectivity index (χ4n) is 2.23. The molecule has 0 bridgehead atoms. The van der Waals surface area contributed by atoms with Crippen molar-refractivity contribution in [1.82, 2.24) is 9.55 Å². The molecule has 6 nitrogen and oxygen atoms in total. The van der Waals surface area contributed by atoms with Gasteiger partial charge in [0.15, 0.2) is 0 Å². The zero-order valence-corrected chi connectivity index (χ0v) is 15.4. The molecule has 0 unspecified atom stereocenters. The highest BCUT2D eigenvalue weighted by Gasteiger charge is 2.30. The summed E-state index contributed by atoms with van der Waals surface area (Å²) in [5.74, 6) is 0.237. The van der Waals surface area contributed by atoms with Gasteiger partial charge >= 0.3 is 6.09 Å². The Labute approximate surface area is 145 Å². The minimum absolute atomic E-state index is 0.237. The summed E-state index contributed by atoms with van der Waals surface area (Å²) >= 11 is 6.15. The van der Waals surface area contributed by atoms with Crippen molar-refractivity contribution in [2.45, 2.75) is 45.6 Å². The highest BCUT2D eigenvalue weighted by atomic mass is 35.5. The van der Waals surface area contributed by atoms with Crippen LogP contribution in [0, 0.1) is 11.3 Å². The van der Waals surface area contributed by atoms with E-state index >= 15 is 0 Å². The molecule has 0 fully saturated rings. The average Bonchev–Trinajstić information content (AvgIpc) is 2.83. The molecular weight excluding hydrogens is 330 g/mol. The van der Waals surface area contributed by atoms with Crippen LogP contribution in [0.2, 0.25) is 5.02 Å². The molecule has 2 heterocycles. The molecule has 0 atom stereocenters. The monoisotopic (exact) mass is 349 g/mol. The van der Waals surface area contributed by atoms with Crippen LogP contribution < -0.4 is 4.74 Å². The van der Waals surface area contributed by atoms with Crippen LogP contribution >= 0.6 is 11.6 Å². The largest absolute Gasteiger partial charge is 0.480 e. The Morgan fingerprint density at radius 2 is 1.96 bits per heavy atom. The highest BCUT2D eigenvalue weighted by molar-refractivity contribution is 6.32. The van der Waals surface area contributed by atoms with Gasteiger partial charge in [-0.15, -0.1) is 0 Å². The normalized spacial score (nSPS) is 12.1. The van der Waals surface area contributed by atoms with Crippen LogP contribution in [0.15, 0.2) is 12.3 Å². The number of hydrogen-bond acceptors (Lipinski definition) is 5. The molecular formula is C17H20ClN3O3. The van der Waals surface area contributed by atoms with E-state index in [9.17, 15) is 10.1 Å². The SMILES string of the molecule is COc1nc2c(C(C)(C)C#N)cn(C(=O)OC(C)(C)C)c2cc1Cl. The lowest BCUT2D eigenvalue weighted by Crippen LogP contribution is -2.26. The van der Waals surface area contributed by atoms with E-state index in [0.29, 0.717) is 16.6 Å². The predicted molar refractivity (Wildman–Crippen MR) is 91.6 cm³/mol. The Balaban J connectivity index is 2.76. The molecule has 24 heavy (non-hydrogen) atoms. The third kappa shape index (κ3) is 3.31. The molecule has 0 aromatic carbocycles. The lowest BCUT2D eigenvalue weighted by molar-refractivity contribution is 0.0544. The van der Waals surface area contributed by atoms with Crippen LogP contribution in [-0.2, 0) is 10.2 Å². The molecule has 0 aliphatic heterocycles. The number of methoxy groups -OCH3 is 1. The van der Waals surface area contributed by atoms with Crippen LogP contribution in [0.5, 0.6) is 5.88 Å². The van der Waals surface area contributed by atoms with Gasteiger partial charge in [0.25, 0.3) is 0 Å². The quantitative estimate of drug-likeness (QED) is 0.808. The first-order valence-electron chi connectivity index (χ1n) is 7.41. The van der Waals surface area contributed by atoms with Crippen LogP contribution in [0.25, 0.3) is 11.0 Å². The molecule has 0 saturated carbocycles. The lowest BCUT2D eigenvalue weighted by atomic mass is 9.87. The van der Waals surface area contributed by atoms with E-state index in [2.05, 4.69) is 11.1 Å². The number of aromatic nitrogens is 2. The van der Waals surface area contributed by atoms with Crippen molar-refractivity contribution in [3.05, 3.63) is 22.8 Å². The van der Waals surface area contributed by atoms with E-state index in [1.807, 2.05) is 0 Å². The summed E-state index contributed by atoms with van der Waals surface area (Å²) in [6.07, 6.45) is 1.01. The van der Waals surface area contributed by atoms with Gasteiger partial charge in [-0.2, -0.15) is 5.26 Å². The number of pyridine rings is 1. The van der Waals surface area contributed by atoms with E-state index in [0.717, 1.165) is 0 Å². The summed E-state index contributed by atoms with van der Waals surface area (Å²) in [6.45, 7) is 8.86. The average molecular weight is 350 g/mol. The number of fused-ring (bicyclic) bond motifs is 1. The minimum Gasteiger partial charge on any atom is -0.480 e. The maximum absolute atomic E-state index is 12.5. The number of hydrogen-bond donors (Lipinski definition) is 0. The molecule has 0 spiro atoms. The number of carbonyl (C=O) groups is 1. The Morgan fingerprint density at radius 1 is 1.33 bits per heavy atom. The van der Waals surface area contributed by atoms with E-state index in [4.69, 9.17) is 21.1 Å². The van der Waals surface area contributed by atoms with Crippen molar-refractivity contribution in [1.29, 1.82) is 5.26 Å². The molecule has 2 rings (SSSR count). The number of halogens is 1. The maximum atomic E-state index is 12.5. The molecule has 0 N–H and O–H groups in total. The first kappa shape index (κ1) is 18.1. The van der Waals surface area contributed by atoms with Crippen LogP contribution in [-0.4, -0.2) is 28.4 Å².